The van der Waals surface area contributed by atoms with E-state index in [0.29, 0.717) is 18.5 Å². The van der Waals surface area contributed by atoms with Crippen LogP contribution in [0, 0.1) is 5.92 Å². The Hall–Kier alpha value is -1.42. The largest absolute Gasteiger partial charge is 0.311 e. The number of pyridine rings is 1. The van der Waals surface area contributed by atoms with Crippen molar-refractivity contribution in [1.82, 2.24) is 10.3 Å². The molecule has 3 unspecified atom stereocenters. The second-order valence-corrected chi connectivity index (χ2v) is 5.89. The van der Waals surface area contributed by atoms with E-state index < -0.39 is 0 Å². The lowest BCUT2D eigenvalue weighted by molar-refractivity contribution is -0.120. The molecule has 2 fully saturated rings. The Morgan fingerprint density at radius 2 is 2.10 bits per heavy atom. The highest BCUT2D eigenvalue weighted by Crippen LogP contribution is 2.34. The van der Waals surface area contributed by atoms with Gasteiger partial charge in [0, 0.05) is 30.7 Å². The summed E-state index contributed by atoms with van der Waals surface area (Å²) in [5.74, 6) is 0.918. The maximum absolute atomic E-state index is 12.8. The lowest BCUT2D eigenvalue weighted by Gasteiger charge is -2.25. The van der Waals surface area contributed by atoms with Crippen molar-refractivity contribution in [3.8, 4) is 0 Å². The molecule has 3 rings (SSSR count). The Kier molecular flexibility index (Phi) is 4.01. The topological polar surface area (TPSA) is 45.2 Å². The van der Waals surface area contributed by atoms with Crippen molar-refractivity contribution in [2.75, 3.05) is 11.4 Å². The van der Waals surface area contributed by atoms with Crippen LogP contribution in [-0.2, 0) is 4.79 Å². The molecule has 0 bridgehead atoms. The molecule has 1 saturated carbocycles. The Morgan fingerprint density at radius 3 is 2.80 bits per heavy atom. The fourth-order valence-corrected chi connectivity index (χ4v) is 3.69. The molecule has 0 radical (unpaired) electrons. The van der Waals surface area contributed by atoms with Gasteiger partial charge >= 0.3 is 0 Å². The van der Waals surface area contributed by atoms with Gasteiger partial charge in [-0.25, -0.2) is 0 Å². The summed E-state index contributed by atoms with van der Waals surface area (Å²) in [5.41, 5.74) is 0.948. The predicted octanol–water partition coefficient (Wildman–Crippen LogP) is 2.36. The smallest absolute Gasteiger partial charge is 0.244 e. The van der Waals surface area contributed by atoms with E-state index in [4.69, 9.17) is 0 Å². The van der Waals surface area contributed by atoms with Crippen LogP contribution in [0.4, 0.5) is 5.69 Å². The van der Waals surface area contributed by atoms with E-state index in [1.165, 1.54) is 25.7 Å². The minimum atomic E-state index is -0.00350. The van der Waals surface area contributed by atoms with Gasteiger partial charge in [0.2, 0.25) is 5.91 Å². The Balaban J connectivity index is 1.71. The average Bonchev–Trinajstić information content (AvgIpc) is 2.93. The summed E-state index contributed by atoms with van der Waals surface area (Å²) in [6.07, 6.45) is 9.63. The third kappa shape index (κ3) is 2.57. The highest BCUT2D eigenvalue weighted by Gasteiger charge is 2.39. The minimum Gasteiger partial charge on any atom is -0.311 e. The van der Waals surface area contributed by atoms with E-state index in [1.807, 2.05) is 24.0 Å². The number of aromatic nitrogens is 1. The van der Waals surface area contributed by atoms with Gasteiger partial charge in [0.05, 0.1) is 6.04 Å². The quantitative estimate of drug-likeness (QED) is 0.919. The van der Waals surface area contributed by atoms with Crippen LogP contribution in [0.3, 0.4) is 0 Å². The van der Waals surface area contributed by atoms with Gasteiger partial charge in [0.25, 0.3) is 0 Å². The SMILES string of the molecule is CCN(C(=O)C1CC2CCCCC2N1)c1ccncc1. The zero-order valence-electron chi connectivity index (χ0n) is 12.1. The van der Waals surface area contributed by atoms with E-state index in [0.717, 1.165) is 12.1 Å². The van der Waals surface area contributed by atoms with Crippen LogP contribution in [0.25, 0.3) is 0 Å². The van der Waals surface area contributed by atoms with Crippen molar-refractivity contribution in [2.45, 2.75) is 51.1 Å². The van der Waals surface area contributed by atoms with E-state index in [1.54, 1.807) is 12.4 Å². The molecule has 1 aromatic heterocycles. The number of hydrogen-bond donors (Lipinski definition) is 1. The van der Waals surface area contributed by atoms with Crippen molar-refractivity contribution in [1.29, 1.82) is 0 Å². The van der Waals surface area contributed by atoms with Crippen LogP contribution in [0.15, 0.2) is 24.5 Å². The lowest BCUT2D eigenvalue weighted by Crippen LogP contribution is -2.45. The summed E-state index contributed by atoms with van der Waals surface area (Å²) in [6.45, 7) is 2.73. The van der Waals surface area contributed by atoms with Gasteiger partial charge in [-0.3, -0.25) is 9.78 Å². The summed E-state index contributed by atoms with van der Waals surface area (Å²) in [4.78, 5) is 18.7. The van der Waals surface area contributed by atoms with Gasteiger partial charge in [-0.05, 0) is 44.2 Å². The molecule has 4 heteroatoms. The maximum Gasteiger partial charge on any atom is 0.244 e. The summed E-state index contributed by atoms with van der Waals surface area (Å²) in [7, 11) is 0. The van der Waals surface area contributed by atoms with E-state index in [-0.39, 0.29) is 11.9 Å². The first-order valence-corrected chi connectivity index (χ1v) is 7.77. The minimum absolute atomic E-state index is 0.00350. The van der Waals surface area contributed by atoms with Crippen molar-refractivity contribution >= 4 is 11.6 Å². The number of amides is 1. The van der Waals surface area contributed by atoms with Gasteiger partial charge < -0.3 is 10.2 Å². The highest BCUT2D eigenvalue weighted by molar-refractivity contribution is 5.97. The van der Waals surface area contributed by atoms with Crippen LogP contribution >= 0.6 is 0 Å². The molecule has 0 aromatic carbocycles. The number of rotatable bonds is 3. The van der Waals surface area contributed by atoms with Crippen LogP contribution < -0.4 is 10.2 Å². The fourth-order valence-electron chi connectivity index (χ4n) is 3.69. The Bertz CT molecular complexity index is 448. The lowest BCUT2D eigenvalue weighted by atomic mass is 9.85. The van der Waals surface area contributed by atoms with Crippen LogP contribution in [0.2, 0.25) is 0 Å². The molecular formula is C16H23N3O. The third-order valence-corrected chi connectivity index (χ3v) is 4.72. The molecule has 108 valence electrons. The molecule has 1 aliphatic heterocycles. The van der Waals surface area contributed by atoms with Crippen molar-refractivity contribution in [2.24, 2.45) is 5.92 Å². The molecule has 3 atom stereocenters. The number of carbonyl (C=O) groups excluding carboxylic acids is 1. The van der Waals surface area contributed by atoms with Gasteiger partial charge in [0.15, 0.2) is 0 Å². The van der Waals surface area contributed by atoms with Gasteiger partial charge in [-0.1, -0.05) is 12.8 Å². The molecule has 1 N–H and O–H groups in total. The molecular weight excluding hydrogens is 250 g/mol. The zero-order chi connectivity index (χ0) is 13.9. The van der Waals surface area contributed by atoms with Crippen LogP contribution in [-0.4, -0.2) is 29.5 Å². The predicted molar refractivity (Wildman–Crippen MR) is 79.6 cm³/mol. The summed E-state index contributed by atoms with van der Waals surface area (Å²) in [5, 5.41) is 3.57. The van der Waals surface area contributed by atoms with Crippen molar-refractivity contribution in [3.05, 3.63) is 24.5 Å². The normalized spacial score (nSPS) is 28.9. The monoisotopic (exact) mass is 273 g/mol. The fraction of sp³-hybridized carbons (Fsp3) is 0.625. The first-order valence-electron chi connectivity index (χ1n) is 7.77. The molecule has 1 aromatic rings. The average molecular weight is 273 g/mol. The molecule has 1 amide bonds. The van der Waals surface area contributed by atoms with Gasteiger partial charge in [-0.15, -0.1) is 0 Å². The number of anilines is 1. The molecule has 1 saturated heterocycles. The molecule has 2 aliphatic rings. The molecule has 0 spiro atoms. The van der Waals surface area contributed by atoms with Gasteiger partial charge in [-0.2, -0.15) is 0 Å². The number of nitrogens with one attached hydrogen (secondary N) is 1. The maximum atomic E-state index is 12.8. The second kappa shape index (κ2) is 5.92. The second-order valence-electron chi connectivity index (χ2n) is 5.89. The molecule has 20 heavy (non-hydrogen) atoms. The molecule has 4 nitrogen and oxygen atoms in total. The number of hydrogen-bond acceptors (Lipinski definition) is 3. The third-order valence-electron chi connectivity index (χ3n) is 4.72. The van der Waals surface area contributed by atoms with E-state index in [2.05, 4.69) is 10.3 Å². The number of carbonyl (C=O) groups is 1. The first-order chi connectivity index (χ1) is 9.79. The standard InChI is InChI=1S/C16H23N3O/c1-2-19(13-7-9-17-10-8-13)16(20)15-11-12-5-3-4-6-14(12)18-15/h7-10,12,14-15,18H,2-6,11H2,1H3. The Labute approximate surface area is 120 Å². The van der Waals surface area contributed by atoms with Crippen LogP contribution in [0.1, 0.15) is 39.0 Å². The van der Waals surface area contributed by atoms with Crippen molar-refractivity contribution < 1.29 is 4.79 Å². The zero-order valence-corrected chi connectivity index (χ0v) is 12.1. The molecule has 1 aliphatic carbocycles. The summed E-state index contributed by atoms with van der Waals surface area (Å²) < 4.78 is 0. The summed E-state index contributed by atoms with van der Waals surface area (Å²) in [6, 6.07) is 4.37. The van der Waals surface area contributed by atoms with E-state index >= 15 is 0 Å². The molecule has 2 heterocycles. The summed E-state index contributed by atoms with van der Waals surface area (Å²) >= 11 is 0. The van der Waals surface area contributed by atoms with Crippen molar-refractivity contribution in [3.63, 3.8) is 0 Å². The highest BCUT2D eigenvalue weighted by atomic mass is 16.2. The number of likely N-dealkylation sites (N-methyl/N-ethyl adjacent to an activating group) is 1. The van der Waals surface area contributed by atoms with Gasteiger partial charge in [0.1, 0.15) is 0 Å². The van der Waals surface area contributed by atoms with Crippen LogP contribution in [0.5, 0.6) is 0 Å². The van der Waals surface area contributed by atoms with E-state index in [9.17, 15) is 4.79 Å². The number of fused-ring (bicyclic) bond motifs is 1. The number of nitrogens with zero attached hydrogens (tertiary/aromatic N) is 2. The first kappa shape index (κ1) is 13.6. The Morgan fingerprint density at radius 1 is 1.35 bits per heavy atom.